The van der Waals surface area contributed by atoms with Crippen LogP contribution in [0.4, 0.5) is 0 Å². The van der Waals surface area contributed by atoms with Gasteiger partial charge in [-0.1, -0.05) is 0 Å². The van der Waals surface area contributed by atoms with Crippen LogP contribution in [0.5, 0.6) is 0 Å². The molecule has 2 aliphatic rings. The van der Waals surface area contributed by atoms with E-state index in [2.05, 4.69) is 16.0 Å². The number of carbonyl (C=O) groups is 2. The zero-order valence-electron chi connectivity index (χ0n) is 13.9. The molecule has 0 bridgehead atoms. The van der Waals surface area contributed by atoms with E-state index in [1.807, 2.05) is 17.0 Å². The Morgan fingerprint density at radius 3 is 3.00 bits per heavy atom. The normalized spacial score (nSPS) is 24.8. The molecule has 1 N–H and O–H groups in total. The number of aromatic nitrogens is 2. The Bertz CT molecular complexity index is 751. The second kappa shape index (κ2) is 5.92. The van der Waals surface area contributed by atoms with Crippen LogP contribution in [-0.4, -0.2) is 58.3 Å². The fourth-order valence-corrected chi connectivity index (χ4v) is 3.92. The van der Waals surface area contributed by atoms with E-state index in [0.29, 0.717) is 18.9 Å². The van der Waals surface area contributed by atoms with E-state index in [9.17, 15) is 9.59 Å². The molecule has 0 aliphatic carbocycles. The maximum absolute atomic E-state index is 12.8. The average Bonchev–Trinajstić information content (AvgIpc) is 3.18. The molecular weight excluding hydrogens is 304 g/mol. The maximum atomic E-state index is 12.8. The number of pyridine rings is 1. The number of amides is 2. The molecule has 2 aliphatic heterocycles. The largest absolute Gasteiger partial charge is 0.345 e. The summed E-state index contributed by atoms with van der Waals surface area (Å²) in [6, 6.07) is 6.13. The number of likely N-dealkylation sites (tertiary alicyclic amines) is 2. The van der Waals surface area contributed by atoms with Crippen molar-refractivity contribution in [1.82, 2.24) is 19.8 Å². The van der Waals surface area contributed by atoms with Crippen molar-refractivity contribution in [2.24, 2.45) is 5.92 Å². The number of hydrogen-bond donors (Lipinski definition) is 1. The van der Waals surface area contributed by atoms with Gasteiger partial charge < -0.3 is 14.8 Å². The summed E-state index contributed by atoms with van der Waals surface area (Å²) < 4.78 is 0. The standard InChI is InChI=1S/C18H22N4O2/c1-21-10-14(9-16(21)23)18(24)22-7-3-5-13(11-22)15-8-12-4-2-6-19-17(12)20-15/h2,4,6,8,13-14H,3,5,7,9-11H2,1H3,(H,19,20)/t13-,14-/m1/s1. The molecule has 4 heterocycles. The van der Waals surface area contributed by atoms with Gasteiger partial charge in [-0.15, -0.1) is 0 Å². The van der Waals surface area contributed by atoms with Gasteiger partial charge in [-0.3, -0.25) is 9.59 Å². The van der Waals surface area contributed by atoms with Gasteiger partial charge in [-0.2, -0.15) is 0 Å². The molecule has 24 heavy (non-hydrogen) atoms. The molecule has 0 radical (unpaired) electrons. The van der Waals surface area contributed by atoms with Crippen LogP contribution >= 0.6 is 0 Å². The predicted octanol–water partition coefficient (Wildman–Crippen LogP) is 1.75. The molecule has 126 valence electrons. The van der Waals surface area contributed by atoms with Crippen molar-refractivity contribution in [2.75, 3.05) is 26.7 Å². The van der Waals surface area contributed by atoms with Gasteiger partial charge in [-0.25, -0.2) is 4.98 Å². The molecule has 2 saturated heterocycles. The first-order chi connectivity index (χ1) is 11.6. The SMILES string of the molecule is CN1C[C@H](C(=O)N2CCC[C@@H](c3cc4cccnc4[nH]3)C2)CC1=O. The molecule has 6 nitrogen and oxygen atoms in total. The lowest BCUT2D eigenvalue weighted by molar-refractivity contribution is -0.137. The van der Waals surface area contributed by atoms with Crippen molar-refractivity contribution in [3.05, 3.63) is 30.1 Å². The van der Waals surface area contributed by atoms with Gasteiger partial charge in [0, 0.05) is 56.3 Å². The number of rotatable bonds is 2. The second-order valence-electron chi connectivity index (χ2n) is 6.96. The minimum absolute atomic E-state index is 0.0728. The third kappa shape index (κ3) is 2.66. The quantitative estimate of drug-likeness (QED) is 0.914. The molecule has 0 saturated carbocycles. The zero-order chi connectivity index (χ0) is 16.7. The molecule has 2 fully saturated rings. The van der Waals surface area contributed by atoms with Crippen LogP contribution in [0.3, 0.4) is 0 Å². The topological polar surface area (TPSA) is 69.3 Å². The van der Waals surface area contributed by atoms with Crippen LogP contribution in [0.2, 0.25) is 0 Å². The first-order valence-corrected chi connectivity index (χ1v) is 8.58. The number of carbonyl (C=O) groups excluding carboxylic acids is 2. The summed E-state index contributed by atoms with van der Waals surface area (Å²) in [4.78, 5) is 35.8. The Labute approximate surface area is 140 Å². The van der Waals surface area contributed by atoms with E-state index < -0.39 is 0 Å². The summed E-state index contributed by atoms with van der Waals surface area (Å²) >= 11 is 0. The Morgan fingerprint density at radius 2 is 2.25 bits per heavy atom. The number of fused-ring (bicyclic) bond motifs is 1. The lowest BCUT2D eigenvalue weighted by Gasteiger charge is -2.33. The van der Waals surface area contributed by atoms with E-state index in [0.717, 1.165) is 42.7 Å². The predicted molar refractivity (Wildman–Crippen MR) is 90.4 cm³/mol. The van der Waals surface area contributed by atoms with Gasteiger partial charge in [0.25, 0.3) is 0 Å². The number of piperidine rings is 1. The first kappa shape index (κ1) is 15.2. The summed E-state index contributed by atoms with van der Waals surface area (Å²) in [6.07, 6.45) is 4.20. The number of H-pyrrole nitrogens is 1. The van der Waals surface area contributed by atoms with Crippen LogP contribution in [-0.2, 0) is 9.59 Å². The Hall–Kier alpha value is -2.37. The minimum Gasteiger partial charge on any atom is -0.345 e. The summed E-state index contributed by atoms with van der Waals surface area (Å²) in [7, 11) is 1.77. The van der Waals surface area contributed by atoms with E-state index in [4.69, 9.17) is 0 Å². The molecule has 2 aromatic rings. The van der Waals surface area contributed by atoms with Crippen molar-refractivity contribution < 1.29 is 9.59 Å². The van der Waals surface area contributed by atoms with Crippen molar-refractivity contribution in [3.63, 3.8) is 0 Å². The van der Waals surface area contributed by atoms with Crippen LogP contribution < -0.4 is 0 Å². The Morgan fingerprint density at radius 1 is 1.38 bits per heavy atom. The van der Waals surface area contributed by atoms with Crippen LogP contribution in [0, 0.1) is 5.92 Å². The van der Waals surface area contributed by atoms with Gasteiger partial charge in [0.2, 0.25) is 11.8 Å². The molecule has 0 spiro atoms. The van der Waals surface area contributed by atoms with Gasteiger partial charge in [0.05, 0.1) is 5.92 Å². The Kier molecular flexibility index (Phi) is 3.75. The highest BCUT2D eigenvalue weighted by Gasteiger charge is 2.36. The van der Waals surface area contributed by atoms with Crippen LogP contribution in [0.15, 0.2) is 24.4 Å². The summed E-state index contributed by atoms with van der Waals surface area (Å²) in [5.74, 6) is 0.340. The van der Waals surface area contributed by atoms with Gasteiger partial charge in [0.15, 0.2) is 0 Å². The third-order valence-electron chi connectivity index (χ3n) is 5.28. The molecule has 0 aromatic carbocycles. The maximum Gasteiger partial charge on any atom is 0.228 e. The number of nitrogens with zero attached hydrogens (tertiary/aromatic N) is 3. The fraction of sp³-hybridized carbons (Fsp3) is 0.500. The van der Waals surface area contributed by atoms with Crippen molar-refractivity contribution in [3.8, 4) is 0 Å². The number of hydrogen-bond acceptors (Lipinski definition) is 3. The van der Waals surface area contributed by atoms with E-state index in [1.54, 1.807) is 18.1 Å². The van der Waals surface area contributed by atoms with E-state index >= 15 is 0 Å². The number of nitrogens with one attached hydrogen (secondary N) is 1. The van der Waals surface area contributed by atoms with Crippen molar-refractivity contribution in [1.29, 1.82) is 0 Å². The molecule has 2 amide bonds. The lowest BCUT2D eigenvalue weighted by Crippen LogP contribution is -2.43. The highest BCUT2D eigenvalue weighted by Crippen LogP contribution is 2.30. The summed E-state index contributed by atoms with van der Waals surface area (Å²) in [6.45, 7) is 2.07. The Balaban J connectivity index is 1.49. The van der Waals surface area contributed by atoms with Gasteiger partial charge >= 0.3 is 0 Å². The molecule has 2 aromatic heterocycles. The van der Waals surface area contributed by atoms with Crippen molar-refractivity contribution in [2.45, 2.75) is 25.2 Å². The number of aromatic amines is 1. The zero-order valence-corrected chi connectivity index (χ0v) is 13.9. The smallest absolute Gasteiger partial charge is 0.228 e. The minimum atomic E-state index is -0.175. The molecule has 2 atom stereocenters. The monoisotopic (exact) mass is 326 g/mol. The third-order valence-corrected chi connectivity index (χ3v) is 5.28. The van der Waals surface area contributed by atoms with Crippen LogP contribution in [0.25, 0.3) is 11.0 Å². The molecule has 0 unspecified atom stereocenters. The molecule has 4 rings (SSSR count). The second-order valence-corrected chi connectivity index (χ2v) is 6.96. The highest BCUT2D eigenvalue weighted by atomic mass is 16.2. The first-order valence-electron chi connectivity index (χ1n) is 8.58. The average molecular weight is 326 g/mol. The van der Waals surface area contributed by atoms with Gasteiger partial charge in [-0.05, 0) is 31.0 Å². The van der Waals surface area contributed by atoms with E-state index in [-0.39, 0.29) is 17.7 Å². The van der Waals surface area contributed by atoms with Crippen LogP contribution in [0.1, 0.15) is 30.9 Å². The highest BCUT2D eigenvalue weighted by molar-refractivity contribution is 5.89. The van der Waals surface area contributed by atoms with Crippen molar-refractivity contribution >= 4 is 22.8 Å². The summed E-state index contributed by atoms with van der Waals surface area (Å²) in [5, 5.41) is 1.11. The van der Waals surface area contributed by atoms with Gasteiger partial charge in [0.1, 0.15) is 5.65 Å². The van der Waals surface area contributed by atoms with E-state index in [1.165, 1.54) is 0 Å². The molecular formula is C18H22N4O2. The summed E-state index contributed by atoms with van der Waals surface area (Å²) in [5.41, 5.74) is 2.06. The molecule has 6 heteroatoms. The fourth-order valence-electron chi connectivity index (χ4n) is 3.92. The lowest BCUT2D eigenvalue weighted by atomic mass is 9.93.